The first-order valence-corrected chi connectivity index (χ1v) is 7.59. The number of hydrogen-bond donors (Lipinski definition) is 1. The van der Waals surface area contributed by atoms with Crippen LogP contribution in [0.4, 0.5) is 0 Å². The number of aromatic nitrogens is 4. The number of ether oxygens (including phenoxy) is 1. The maximum Gasteiger partial charge on any atom is 0.154 e. The summed E-state index contributed by atoms with van der Waals surface area (Å²) in [7, 11) is 0. The zero-order chi connectivity index (χ0) is 14.1. The molecule has 110 valence electrons. The lowest BCUT2D eigenvalue weighted by molar-refractivity contribution is 0.109. The van der Waals surface area contributed by atoms with E-state index in [-0.39, 0.29) is 6.04 Å². The topological polar surface area (TPSA) is 64.9 Å². The molecule has 1 fully saturated rings. The van der Waals surface area contributed by atoms with Crippen LogP contribution in [-0.2, 0) is 17.7 Å². The van der Waals surface area contributed by atoms with E-state index in [0.717, 1.165) is 50.6 Å². The molecular weight excluding hydrogens is 266 g/mol. The van der Waals surface area contributed by atoms with E-state index < -0.39 is 0 Å². The summed E-state index contributed by atoms with van der Waals surface area (Å²) in [6.45, 7) is 2.73. The summed E-state index contributed by atoms with van der Waals surface area (Å²) in [5.74, 6) is 2.05. The van der Waals surface area contributed by atoms with Crippen LogP contribution in [0.5, 0.6) is 0 Å². The first-order valence-electron chi connectivity index (χ1n) is 7.59. The van der Waals surface area contributed by atoms with Gasteiger partial charge in [0.15, 0.2) is 5.82 Å². The van der Waals surface area contributed by atoms with Crippen molar-refractivity contribution in [3.8, 4) is 0 Å². The lowest BCUT2D eigenvalue weighted by atomic mass is 10.1. The van der Waals surface area contributed by atoms with E-state index in [9.17, 15) is 0 Å². The molecule has 0 aromatic carbocycles. The SMILES string of the molecule is c1cc(C2NCCn3c(CC4CCCO4)nnc32)ccn1. The van der Waals surface area contributed by atoms with Crippen molar-refractivity contribution in [2.75, 3.05) is 13.2 Å². The summed E-state index contributed by atoms with van der Waals surface area (Å²) in [5.41, 5.74) is 1.18. The highest BCUT2D eigenvalue weighted by Gasteiger charge is 2.27. The smallest absolute Gasteiger partial charge is 0.154 e. The van der Waals surface area contributed by atoms with E-state index >= 15 is 0 Å². The Bertz CT molecular complexity index is 606. The molecule has 4 heterocycles. The summed E-state index contributed by atoms with van der Waals surface area (Å²) < 4.78 is 7.98. The number of fused-ring (bicyclic) bond motifs is 1. The van der Waals surface area contributed by atoms with Crippen molar-refractivity contribution in [1.82, 2.24) is 25.1 Å². The Kier molecular flexibility index (Phi) is 3.40. The molecule has 2 aromatic rings. The van der Waals surface area contributed by atoms with E-state index in [1.165, 1.54) is 5.56 Å². The van der Waals surface area contributed by atoms with E-state index in [4.69, 9.17) is 4.74 Å². The lowest BCUT2D eigenvalue weighted by Gasteiger charge is -2.25. The van der Waals surface area contributed by atoms with Gasteiger partial charge in [-0.2, -0.15) is 0 Å². The van der Waals surface area contributed by atoms with Crippen molar-refractivity contribution in [3.05, 3.63) is 41.7 Å². The van der Waals surface area contributed by atoms with E-state index in [1.807, 2.05) is 24.5 Å². The molecule has 6 nitrogen and oxygen atoms in total. The van der Waals surface area contributed by atoms with Crippen LogP contribution in [0.25, 0.3) is 0 Å². The third-order valence-corrected chi connectivity index (χ3v) is 4.27. The molecule has 1 saturated heterocycles. The zero-order valence-corrected chi connectivity index (χ0v) is 11.9. The van der Waals surface area contributed by atoms with Crippen molar-refractivity contribution in [1.29, 1.82) is 0 Å². The minimum Gasteiger partial charge on any atom is -0.378 e. The Hall–Kier alpha value is -1.79. The molecule has 0 spiro atoms. The van der Waals surface area contributed by atoms with Gasteiger partial charge in [0.2, 0.25) is 0 Å². The van der Waals surface area contributed by atoms with Crippen LogP contribution < -0.4 is 5.32 Å². The van der Waals surface area contributed by atoms with Gasteiger partial charge >= 0.3 is 0 Å². The highest BCUT2D eigenvalue weighted by atomic mass is 16.5. The number of pyridine rings is 1. The normalized spacial score (nSPS) is 25.0. The molecule has 21 heavy (non-hydrogen) atoms. The average molecular weight is 285 g/mol. The molecule has 2 aromatic heterocycles. The second-order valence-corrected chi connectivity index (χ2v) is 5.63. The minimum atomic E-state index is 0.104. The van der Waals surface area contributed by atoms with Gasteiger partial charge in [-0.3, -0.25) is 4.98 Å². The second-order valence-electron chi connectivity index (χ2n) is 5.63. The number of rotatable bonds is 3. The zero-order valence-electron chi connectivity index (χ0n) is 11.9. The van der Waals surface area contributed by atoms with Crippen LogP contribution in [0.3, 0.4) is 0 Å². The highest BCUT2D eigenvalue weighted by Crippen LogP contribution is 2.25. The second kappa shape index (κ2) is 5.54. The Morgan fingerprint density at radius 2 is 2.19 bits per heavy atom. The summed E-state index contributed by atoms with van der Waals surface area (Å²) in [6, 6.07) is 4.16. The number of nitrogens with one attached hydrogen (secondary N) is 1. The number of nitrogens with zero attached hydrogens (tertiary/aromatic N) is 4. The van der Waals surface area contributed by atoms with Gasteiger partial charge in [0.1, 0.15) is 5.82 Å². The predicted molar refractivity (Wildman–Crippen MR) is 76.8 cm³/mol. The maximum atomic E-state index is 5.72. The van der Waals surface area contributed by atoms with Crippen LogP contribution in [0.1, 0.15) is 36.1 Å². The Morgan fingerprint density at radius 1 is 1.29 bits per heavy atom. The predicted octanol–water partition coefficient (Wildman–Crippen LogP) is 1.09. The first kappa shape index (κ1) is 12.9. The van der Waals surface area contributed by atoms with Gasteiger partial charge in [-0.1, -0.05) is 0 Å². The van der Waals surface area contributed by atoms with Gasteiger partial charge in [-0.05, 0) is 30.5 Å². The maximum absolute atomic E-state index is 5.72. The van der Waals surface area contributed by atoms with Gasteiger partial charge in [0, 0.05) is 38.5 Å². The van der Waals surface area contributed by atoms with E-state index in [1.54, 1.807) is 0 Å². The minimum absolute atomic E-state index is 0.104. The first-order chi connectivity index (χ1) is 10.4. The summed E-state index contributed by atoms with van der Waals surface area (Å²) in [5, 5.41) is 12.4. The molecule has 2 aliphatic rings. The molecule has 1 N–H and O–H groups in total. The van der Waals surface area contributed by atoms with Crippen LogP contribution in [0, 0.1) is 0 Å². The third-order valence-electron chi connectivity index (χ3n) is 4.27. The fourth-order valence-corrected chi connectivity index (χ4v) is 3.20. The molecule has 2 atom stereocenters. The van der Waals surface area contributed by atoms with Crippen LogP contribution in [-0.4, -0.2) is 39.0 Å². The van der Waals surface area contributed by atoms with Crippen LogP contribution in [0.2, 0.25) is 0 Å². The largest absolute Gasteiger partial charge is 0.378 e. The molecular formula is C15H19N5O. The molecule has 6 heteroatoms. The van der Waals surface area contributed by atoms with Crippen LogP contribution >= 0.6 is 0 Å². The average Bonchev–Trinajstić information content (AvgIpc) is 3.19. The fourth-order valence-electron chi connectivity index (χ4n) is 3.20. The van der Waals surface area contributed by atoms with Crippen molar-refractivity contribution < 1.29 is 4.74 Å². The van der Waals surface area contributed by atoms with E-state index in [0.29, 0.717) is 6.10 Å². The molecule has 0 aliphatic carbocycles. The highest BCUT2D eigenvalue weighted by molar-refractivity contribution is 5.24. The lowest BCUT2D eigenvalue weighted by Crippen LogP contribution is -2.35. The Labute approximate surface area is 123 Å². The molecule has 0 radical (unpaired) electrons. The van der Waals surface area contributed by atoms with Crippen molar-refractivity contribution in [3.63, 3.8) is 0 Å². The molecule has 0 bridgehead atoms. The van der Waals surface area contributed by atoms with Gasteiger partial charge in [-0.15, -0.1) is 10.2 Å². The van der Waals surface area contributed by atoms with Gasteiger partial charge in [0.05, 0.1) is 12.1 Å². The van der Waals surface area contributed by atoms with Gasteiger partial charge in [0.25, 0.3) is 0 Å². The fraction of sp³-hybridized carbons (Fsp3) is 0.533. The molecule has 0 saturated carbocycles. The summed E-state index contributed by atoms with van der Waals surface area (Å²) >= 11 is 0. The van der Waals surface area contributed by atoms with E-state index in [2.05, 4.69) is 25.1 Å². The standard InChI is InChI=1S/C15H19N5O/c1-2-12(21-9-1)10-13-18-19-15-14(17-7-8-20(13)15)11-3-5-16-6-4-11/h3-6,12,14,17H,1-2,7-10H2. The Balaban J connectivity index is 1.62. The van der Waals surface area contributed by atoms with Gasteiger partial charge in [-0.25, -0.2) is 0 Å². The molecule has 2 unspecified atom stereocenters. The molecule has 0 amide bonds. The summed E-state index contributed by atoms with van der Waals surface area (Å²) in [4.78, 5) is 4.08. The monoisotopic (exact) mass is 285 g/mol. The van der Waals surface area contributed by atoms with Crippen molar-refractivity contribution in [2.45, 2.75) is 38.0 Å². The molecule has 4 rings (SSSR count). The van der Waals surface area contributed by atoms with Gasteiger partial charge < -0.3 is 14.6 Å². The number of hydrogen-bond acceptors (Lipinski definition) is 5. The third kappa shape index (κ3) is 2.45. The quantitative estimate of drug-likeness (QED) is 0.914. The van der Waals surface area contributed by atoms with Crippen LogP contribution in [0.15, 0.2) is 24.5 Å². The summed E-state index contributed by atoms with van der Waals surface area (Å²) in [6.07, 6.45) is 7.11. The van der Waals surface area contributed by atoms with Crippen molar-refractivity contribution in [2.24, 2.45) is 0 Å². The molecule has 2 aliphatic heterocycles. The Morgan fingerprint density at radius 3 is 3.00 bits per heavy atom. The van der Waals surface area contributed by atoms with Crippen molar-refractivity contribution >= 4 is 0 Å².